The molecule has 0 aliphatic carbocycles. The number of para-hydroxylation sites is 1. The lowest BCUT2D eigenvalue weighted by Gasteiger charge is -2.11. The first-order valence-corrected chi connectivity index (χ1v) is 5.85. The van der Waals surface area contributed by atoms with Crippen LogP contribution in [0.5, 0.6) is 0 Å². The maximum absolute atomic E-state index is 13.7. The number of benzene rings is 1. The summed E-state index contributed by atoms with van der Waals surface area (Å²) in [6.45, 7) is -0.275. The molecule has 0 aliphatic rings. The quantitative estimate of drug-likeness (QED) is 0.694. The van der Waals surface area contributed by atoms with Crippen LogP contribution in [0.1, 0.15) is 16.2 Å². The Hall–Kier alpha value is -2.89. The molecular formula is C13H8F4N4O. The molecule has 2 aromatic rings. The highest BCUT2D eigenvalue weighted by atomic mass is 19.4. The Morgan fingerprint density at radius 3 is 2.64 bits per heavy atom. The summed E-state index contributed by atoms with van der Waals surface area (Å²) in [5.41, 5.74) is -2.93. The van der Waals surface area contributed by atoms with Crippen LogP contribution in [-0.4, -0.2) is 27.4 Å². The van der Waals surface area contributed by atoms with Gasteiger partial charge in [-0.2, -0.15) is 13.2 Å². The third-order valence-electron chi connectivity index (χ3n) is 2.59. The minimum absolute atomic E-state index is 0.236. The lowest BCUT2D eigenvalue weighted by Crippen LogP contribution is -2.27. The highest BCUT2D eigenvalue weighted by Crippen LogP contribution is 2.33. The molecule has 1 heterocycles. The van der Waals surface area contributed by atoms with Gasteiger partial charge in [0.2, 0.25) is 0 Å². The number of hydrogen-bond donors (Lipinski definition) is 1. The third-order valence-corrected chi connectivity index (χ3v) is 2.59. The summed E-state index contributed by atoms with van der Waals surface area (Å²) in [4.78, 5) is 11.7. The second-order valence-electron chi connectivity index (χ2n) is 4.03. The fourth-order valence-electron chi connectivity index (χ4n) is 1.70. The van der Waals surface area contributed by atoms with E-state index in [4.69, 9.17) is 6.42 Å². The molecule has 0 radical (unpaired) electrons. The molecule has 0 saturated heterocycles. The van der Waals surface area contributed by atoms with E-state index >= 15 is 0 Å². The van der Waals surface area contributed by atoms with Crippen LogP contribution in [0, 0.1) is 18.2 Å². The second-order valence-corrected chi connectivity index (χ2v) is 4.03. The van der Waals surface area contributed by atoms with Gasteiger partial charge in [-0.25, -0.2) is 9.07 Å². The fourth-order valence-corrected chi connectivity index (χ4v) is 1.70. The molecule has 0 unspecified atom stereocenters. The molecule has 0 saturated carbocycles. The summed E-state index contributed by atoms with van der Waals surface area (Å²) in [5, 5.41) is 8.49. The molecule has 0 atom stereocenters. The number of amides is 1. The summed E-state index contributed by atoms with van der Waals surface area (Å²) in [6, 6.07) is 4.69. The van der Waals surface area contributed by atoms with Gasteiger partial charge in [-0.05, 0) is 12.1 Å². The van der Waals surface area contributed by atoms with Crippen LogP contribution >= 0.6 is 0 Å². The molecule has 0 fully saturated rings. The molecule has 22 heavy (non-hydrogen) atoms. The van der Waals surface area contributed by atoms with Gasteiger partial charge in [0, 0.05) is 0 Å². The van der Waals surface area contributed by atoms with E-state index in [1.165, 1.54) is 12.1 Å². The van der Waals surface area contributed by atoms with E-state index in [1.807, 2.05) is 5.92 Å². The van der Waals surface area contributed by atoms with Crippen molar-refractivity contribution in [1.29, 1.82) is 0 Å². The number of carbonyl (C=O) groups excluding carboxylic acids is 1. The maximum Gasteiger partial charge on any atom is 0.435 e. The molecule has 5 nitrogen and oxygen atoms in total. The van der Waals surface area contributed by atoms with Gasteiger partial charge in [0.05, 0.1) is 6.54 Å². The Bertz CT molecular complexity index is 745. The predicted octanol–water partition coefficient (Wildman–Crippen LogP) is 1.79. The average Bonchev–Trinajstić information content (AvgIpc) is 2.90. The zero-order chi connectivity index (χ0) is 16.3. The number of aromatic nitrogens is 3. The van der Waals surface area contributed by atoms with Crippen molar-refractivity contribution in [3.05, 3.63) is 41.5 Å². The normalized spacial score (nSPS) is 11.0. The topological polar surface area (TPSA) is 59.8 Å². The van der Waals surface area contributed by atoms with E-state index in [2.05, 4.69) is 15.6 Å². The zero-order valence-corrected chi connectivity index (χ0v) is 10.9. The molecular weight excluding hydrogens is 304 g/mol. The Balaban J connectivity index is 2.58. The number of carbonyl (C=O) groups is 1. The van der Waals surface area contributed by atoms with E-state index in [1.54, 1.807) is 0 Å². The largest absolute Gasteiger partial charge is 0.435 e. The summed E-state index contributed by atoms with van der Waals surface area (Å²) in [7, 11) is 0. The lowest BCUT2D eigenvalue weighted by atomic mass is 10.2. The maximum atomic E-state index is 13.7. The van der Waals surface area contributed by atoms with Crippen LogP contribution in [0.2, 0.25) is 0 Å². The SMILES string of the molecule is C#CCNC(=O)c1nnn(-c2ccccc2F)c1C(F)(F)F. The number of rotatable bonds is 3. The summed E-state index contributed by atoms with van der Waals surface area (Å²) in [6.07, 6.45) is -0.0466. The molecule has 0 spiro atoms. The monoisotopic (exact) mass is 312 g/mol. The lowest BCUT2D eigenvalue weighted by molar-refractivity contribution is -0.143. The van der Waals surface area contributed by atoms with Crippen LogP contribution < -0.4 is 5.32 Å². The standard InChI is InChI=1S/C13H8F4N4O/c1-2-7-18-12(22)10-11(13(15,16)17)21(20-19-10)9-6-4-3-5-8(9)14/h1,3-6H,7H2,(H,18,22). The summed E-state index contributed by atoms with van der Waals surface area (Å²) in [5.74, 6) is -0.0361. The van der Waals surface area contributed by atoms with Crippen molar-refractivity contribution in [3.8, 4) is 18.0 Å². The number of alkyl halides is 3. The average molecular weight is 312 g/mol. The van der Waals surface area contributed by atoms with Gasteiger partial charge in [0.25, 0.3) is 5.91 Å². The Labute approximate surface area is 121 Å². The van der Waals surface area contributed by atoms with Gasteiger partial charge < -0.3 is 5.32 Å². The summed E-state index contributed by atoms with van der Waals surface area (Å²) < 4.78 is 53.5. The minimum Gasteiger partial charge on any atom is -0.340 e. The van der Waals surface area contributed by atoms with Gasteiger partial charge in [0.1, 0.15) is 11.5 Å². The Kier molecular flexibility index (Phi) is 4.12. The van der Waals surface area contributed by atoms with E-state index in [9.17, 15) is 22.4 Å². The van der Waals surface area contributed by atoms with E-state index in [-0.39, 0.29) is 11.2 Å². The fraction of sp³-hybridized carbons (Fsp3) is 0.154. The molecule has 1 amide bonds. The van der Waals surface area contributed by atoms with Crippen molar-refractivity contribution < 1.29 is 22.4 Å². The highest BCUT2D eigenvalue weighted by molar-refractivity contribution is 5.93. The van der Waals surface area contributed by atoms with Crippen molar-refractivity contribution in [1.82, 2.24) is 20.3 Å². The smallest absolute Gasteiger partial charge is 0.340 e. The molecule has 1 N–H and O–H groups in total. The molecule has 0 bridgehead atoms. The highest BCUT2D eigenvalue weighted by Gasteiger charge is 2.42. The minimum atomic E-state index is -4.96. The third kappa shape index (κ3) is 2.90. The first-order valence-electron chi connectivity index (χ1n) is 5.85. The van der Waals surface area contributed by atoms with Crippen molar-refractivity contribution in [2.24, 2.45) is 0 Å². The van der Waals surface area contributed by atoms with Crippen molar-refractivity contribution in [2.75, 3.05) is 6.54 Å². The van der Waals surface area contributed by atoms with Crippen LogP contribution in [0.3, 0.4) is 0 Å². The molecule has 0 aliphatic heterocycles. The number of hydrogen-bond acceptors (Lipinski definition) is 3. The van der Waals surface area contributed by atoms with Gasteiger partial charge >= 0.3 is 6.18 Å². The van der Waals surface area contributed by atoms with Crippen LogP contribution in [0.4, 0.5) is 17.6 Å². The van der Waals surface area contributed by atoms with E-state index in [0.29, 0.717) is 0 Å². The first kappa shape index (κ1) is 15.5. The number of nitrogens with one attached hydrogen (secondary N) is 1. The first-order chi connectivity index (χ1) is 10.4. The van der Waals surface area contributed by atoms with Crippen LogP contribution in [-0.2, 0) is 6.18 Å². The van der Waals surface area contributed by atoms with Crippen molar-refractivity contribution in [2.45, 2.75) is 6.18 Å². The molecule has 114 valence electrons. The molecule has 9 heteroatoms. The molecule has 1 aromatic carbocycles. The zero-order valence-electron chi connectivity index (χ0n) is 10.9. The van der Waals surface area contributed by atoms with E-state index in [0.717, 1.165) is 12.1 Å². The number of terminal acetylenes is 1. The number of halogens is 4. The molecule has 2 rings (SSSR count). The van der Waals surface area contributed by atoms with Crippen molar-refractivity contribution >= 4 is 5.91 Å². The van der Waals surface area contributed by atoms with E-state index < -0.39 is 35.0 Å². The second kappa shape index (κ2) is 5.85. The van der Waals surface area contributed by atoms with Gasteiger partial charge in [-0.15, -0.1) is 11.5 Å². The Morgan fingerprint density at radius 1 is 1.36 bits per heavy atom. The Morgan fingerprint density at radius 2 is 2.05 bits per heavy atom. The summed E-state index contributed by atoms with van der Waals surface area (Å²) >= 11 is 0. The van der Waals surface area contributed by atoms with Crippen molar-refractivity contribution in [3.63, 3.8) is 0 Å². The number of nitrogens with zero attached hydrogens (tertiary/aromatic N) is 3. The molecule has 1 aromatic heterocycles. The van der Waals surface area contributed by atoms with Crippen LogP contribution in [0.15, 0.2) is 24.3 Å². The van der Waals surface area contributed by atoms with Gasteiger partial charge in [-0.3, -0.25) is 4.79 Å². The van der Waals surface area contributed by atoms with Gasteiger partial charge in [0.15, 0.2) is 11.4 Å². The predicted molar refractivity (Wildman–Crippen MR) is 67.5 cm³/mol. The van der Waals surface area contributed by atoms with Gasteiger partial charge in [-0.1, -0.05) is 23.3 Å². The van der Waals surface area contributed by atoms with Crippen LogP contribution in [0.25, 0.3) is 5.69 Å².